The highest BCUT2D eigenvalue weighted by atomic mass is 16.6. The SMILES string of the molecule is CC=C(OC(CO[C@@H]1CCC[C@H](OCc2nc(-c3cccc(C)c3)oc2C)C1)C(=O)O)c1ccccc1. The first-order valence-corrected chi connectivity index (χ1v) is 12.8. The number of aromatic nitrogens is 1. The van der Waals surface area contributed by atoms with Crippen molar-refractivity contribution in [3.05, 3.63) is 83.3 Å². The Bertz CT molecular complexity index is 1200. The Labute approximate surface area is 218 Å². The molecule has 1 aliphatic carbocycles. The molecule has 1 N–H and O–H groups in total. The molecule has 3 aromatic rings. The summed E-state index contributed by atoms with van der Waals surface area (Å²) < 4.78 is 23.9. The first-order chi connectivity index (χ1) is 17.9. The number of carboxylic acid groups (broad SMARTS) is 1. The molecule has 0 radical (unpaired) electrons. The number of oxazole rings is 1. The molecule has 4 rings (SSSR count). The van der Waals surface area contributed by atoms with E-state index in [1.807, 2.05) is 75.4 Å². The van der Waals surface area contributed by atoms with E-state index >= 15 is 0 Å². The average Bonchev–Trinajstić information content (AvgIpc) is 3.28. The third-order valence-electron chi connectivity index (χ3n) is 6.54. The van der Waals surface area contributed by atoms with Crippen molar-refractivity contribution in [3.8, 4) is 11.5 Å². The number of aliphatic carboxylic acids is 1. The van der Waals surface area contributed by atoms with Gasteiger partial charge in [-0.2, -0.15) is 0 Å². The molecule has 7 heteroatoms. The lowest BCUT2D eigenvalue weighted by Gasteiger charge is -2.30. The highest BCUT2D eigenvalue weighted by Crippen LogP contribution is 2.27. The highest BCUT2D eigenvalue weighted by Gasteiger charge is 2.28. The van der Waals surface area contributed by atoms with Gasteiger partial charge in [0.05, 0.1) is 25.4 Å². The van der Waals surface area contributed by atoms with Crippen molar-refractivity contribution in [2.75, 3.05) is 6.61 Å². The van der Waals surface area contributed by atoms with Gasteiger partial charge in [-0.3, -0.25) is 0 Å². The van der Waals surface area contributed by atoms with Crippen LogP contribution in [0.1, 0.15) is 55.2 Å². The Balaban J connectivity index is 1.29. The average molecular weight is 506 g/mol. The highest BCUT2D eigenvalue weighted by molar-refractivity contribution is 5.74. The molecular formula is C30H35NO6. The summed E-state index contributed by atoms with van der Waals surface area (Å²) in [6, 6.07) is 17.5. The summed E-state index contributed by atoms with van der Waals surface area (Å²) in [4.78, 5) is 16.5. The molecule has 1 aromatic heterocycles. The van der Waals surface area contributed by atoms with E-state index in [1.165, 1.54) is 0 Å². The smallest absolute Gasteiger partial charge is 0.347 e. The van der Waals surface area contributed by atoms with E-state index in [-0.39, 0.29) is 18.8 Å². The van der Waals surface area contributed by atoms with Crippen LogP contribution >= 0.6 is 0 Å². The van der Waals surface area contributed by atoms with Crippen molar-refractivity contribution in [1.82, 2.24) is 4.98 Å². The molecule has 3 atom stereocenters. The molecule has 1 saturated carbocycles. The zero-order chi connectivity index (χ0) is 26.2. The lowest BCUT2D eigenvalue weighted by atomic mass is 9.95. The van der Waals surface area contributed by atoms with E-state index in [2.05, 4.69) is 4.98 Å². The van der Waals surface area contributed by atoms with Crippen LogP contribution in [0.4, 0.5) is 0 Å². The first-order valence-electron chi connectivity index (χ1n) is 12.8. The molecule has 1 fully saturated rings. The molecule has 0 aliphatic heterocycles. The molecule has 196 valence electrons. The van der Waals surface area contributed by atoms with Gasteiger partial charge in [-0.25, -0.2) is 9.78 Å². The van der Waals surface area contributed by atoms with Crippen molar-refractivity contribution in [2.24, 2.45) is 0 Å². The van der Waals surface area contributed by atoms with Crippen LogP contribution in [-0.4, -0.2) is 41.0 Å². The third kappa shape index (κ3) is 7.31. The number of allylic oxidation sites excluding steroid dienone is 1. The van der Waals surface area contributed by atoms with Gasteiger partial charge < -0.3 is 23.7 Å². The fourth-order valence-electron chi connectivity index (χ4n) is 4.50. The Morgan fingerprint density at radius 2 is 1.86 bits per heavy atom. The third-order valence-corrected chi connectivity index (χ3v) is 6.54. The summed E-state index contributed by atoms with van der Waals surface area (Å²) in [7, 11) is 0. The summed E-state index contributed by atoms with van der Waals surface area (Å²) >= 11 is 0. The second-order valence-corrected chi connectivity index (χ2v) is 9.41. The minimum absolute atomic E-state index is 0.0110. The molecule has 1 heterocycles. The van der Waals surface area contributed by atoms with E-state index in [0.717, 1.165) is 47.4 Å². The maximum atomic E-state index is 11.9. The Morgan fingerprint density at radius 1 is 1.11 bits per heavy atom. The van der Waals surface area contributed by atoms with Crippen molar-refractivity contribution in [3.63, 3.8) is 0 Å². The van der Waals surface area contributed by atoms with E-state index < -0.39 is 12.1 Å². The quantitative estimate of drug-likeness (QED) is 0.304. The van der Waals surface area contributed by atoms with Crippen molar-refractivity contribution in [2.45, 2.75) is 71.4 Å². The minimum Gasteiger partial charge on any atom is -0.478 e. The lowest BCUT2D eigenvalue weighted by Crippen LogP contribution is -2.34. The first kappa shape index (κ1) is 26.6. The second-order valence-electron chi connectivity index (χ2n) is 9.41. The fraction of sp³-hybridized carbons (Fsp3) is 0.400. The number of ether oxygens (including phenoxy) is 3. The van der Waals surface area contributed by atoms with Crippen LogP contribution in [0.25, 0.3) is 17.2 Å². The van der Waals surface area contributed by atoms with Crippen molar-refractivity contribution in [1.29, 1.82) is 0 Å². The predicted octanol–water partition coefficient (Wildman–Crippen LogP) is 6.33. The number of carbonyl (C=O) groups is 1. The number of nitrogens with zero attached hydrogens (tertiary/aromatic N) is 1. The molecular weight excluding hydrogens is 470 g/mol. The van der Waals surface area contributed by atoms with Crippen LogP contribution in [-0.2, 0) is 25.6 Å². The molecule has 0 spiro atoms. The number of benzene rings is 2. The molecule has 2 aromatic carbocycles. The van der Waals surface area contributed by atoms with Gasteiger partial charge in [0.1, 0.15) is 17.2 Å². The number of carboxylic acids is 1. The molecule has 0 saturated heterocycles. The van der Waals surface area contributed by atoms with E-state index in [9.17, 15) is 9.90 Å². The predicted molar refractivity (Wildman–Crippen MR) is 141 cm³/mol. The number of aryl methyl sites for hydroxylation is 2. The normalized spacial score (nSPS) is 18.9. The van der Waals surface area contributed by atoms with E-state index in [4.69, 9.17) is 18.6 Å². The Morgan fingerprint density at radius 3 is 2.57 bits per heavy atom. The van der Waals surface area contributed by atoms with E-state index in [0.29, 0.717) is 24.7 Å². The van der Waals surface area contributed by atoms with Crippen LogP contribution in [0.2, 0.25) is 0 Å². The zero-order valence-electron chi connectivity index (χ0n) is 21.7. The Kier molecular flexibility index (Phi) is 9.14. The van der Waals surface area contributed by atoms with Crippen LogP contribution in [0.15, 0.2) is 65.1 Å². The van der Waals surface area contributed by atoms with E-state index in [1.54, 1.807) is 6.08 Å². The van der Waals surface area contributed by atoms with Gasteiger partial charge in [-0.05, 0) is 64.7 Å². The molecule has 1 unspecified atom stereocenters. The summed E-state index contributed by atoms with van der Waals surface area (Å²) in [5, 5.41) is 9.71. The maximum Gasteiger partial charge on any atom is 0.347 e. The molecule has 0 bridgehead atoms. The van der Waals surface area contributed by atoms with Gasteiger partial charge in [0.25, 0.3) is 0 Å². The summed E-state index contributed by atoms with van der Waals surface area (Å²) in [6.07, 6.45) is 4.04. The zero-order valence-corrected chi connectivity index (χ0v) is 21.7. The monoisotopic (exact) mass is 505 g/mol. The van der Waals surface area contributed by atoms with Gasteiger partial charge in [-0.15, -0.1) is 0 Å². The summed E-state index contributed by atoms with van der Waals surface area (Å²) in [5.74, 6) is 0.819. The second kappa shape index (κ2) is 12.7. The van der Waals surface area contributed by atoms with Gasteiger partial charge in [0, 0.05) is 11.1 Å². The fourth-order valence-corrected chi connectivity index (χ4v) is 4.50. The maximum absolute atomic E-state index is 11.9. The number of rotatable bonds is 11. The van der Waals surface area contributed by atoms with Crippen LogP contribution in [0, 0.1) is 13.8 Å². The van der Waals surface area contributed by atoms with Gasteiger partial charge in [0.15, 0.2) is 0 Å². The van der Waals surface area contributed by atoms with Crippen molar-refractivity contribution < 1.29 is 28.5 Å². The van der Waals surface area contributed by atoms with Crippen LogP contribution < -0.4 is 0 Å². The molecule has 0 amide bonds. The molecule has 1 aliphatic rings. The van der Waals surface area contributed by atoms with Crippen LogP contribution in [0.3, 0.4) is 0 Å². The number of hydrogen-bond acceptors (Lipinski definition) is 6. The standard InChI is InChI=1S/C30H35NO6/c1-4-27(22-11-6-5-7-12-22)37-28(30(32)33)19-35-25-15-9-14-24(17-25)34-18-26-21(3)36-29(31-26)23-13-8-10-20(2)16-23/h4-8,10-13,16,24-25,28H,9,14-15,17-19H2,1-3H3,(H,32,33)/t24-,25+,28?/m0/s1. The summed E-state index contributed by atoms with van der Waals surface area (Å²) in [6.45, 7) is 6.10. The number of hydrogen-bond donors (Lipinski definition) is 1. The van der Waals surface area contributed by atoms with Crippen molar-refractivity contribution >= 4 is 11.7 Å². The molecule has 7 nitrogen and oxygen atoms in total. The van der Waals surface area contributed by atoms with Crippen LogP contribution in [0.5, 0.6) is 0 Å². The molecule has 37 heavy (non-hydrogen) atoms. The van der Waals surface area contributed by atoms with Gasteiger partial charge >= 0.3 is 5.97 Å². The topological polar surface area (TPSA) is 91.0 Å². The van der Waals surface area contributed by atoms with Gasteiger partial charge in [0.2, 0.25) is 12.0 Å². The van der Waals surface area contributed by atoms with Gasteiger partial charge in [-0.1, -0.05) is 48.0 Å². The Hall–Kier alpha value is -3.42. The minimum atomic E-state index is -1.09. The lowest BCUT2D eigenvalue weighted by molar-refractivity contribution is -0.152. The largest absolute Gasteiger partial charge is 0.478 e. The summed E-state index contributed by atoms with van der Waals surface area (Å²) in [5.41, 5.74) is 3.72.